The molecule has 20 heavy (non-hydrogen) atoms. The maximum absolute atomic E-state index is 13.3. The summed E-state index contributed by atoms with van der Waals surface area (Å²) in [5, 5.41) is 13.4. The monoisotopic (exact) mass is 280 g/mol. The van der Waals surface area contributed by atoms with Crippen LogP contribution in [-0.2, 0) is 0 Å². The van der Waals surface area contributed by atoms with Crippen LogP contribution in [0.25, 0.3) is 11.3 Å². The average Bonchev–Trinajstić information content (AvgIpc) is 2.86. The number of halogens is 2. The average molecular weight is 280 g/mol. The summed E-state index contributed by atoms with van der Waals surface area (Å²) in [5.74, 6) is -3.16. The lowest BCUT2D eigenvalue weighted by Crippen LogP contribution is -2.04. The van der Waals surface area contributed by atoms with Crippen LogP contribution in [0.4, 0.5) is 8.78 Å². The van der Waals surface area contributed by atoms with Crippen LogP contribution in [0.1, 0.15) is 36.7 Å². The number of hydrogen-bond acceptors (Lipinski definition) is 2. The van der Waals surface area contributed by atoms with Crippen molar-refractivity contribution >= 4 is 5.97 Å². The summed E-state index contributed by atoms with van der Waals surface area (Å²) < 4.78 is 27.7. The Kier molecular flexibility index (Phi) is 3.83. The van der Waals surface area contributed by atoms with E-state index in [-0.39, 0.29) is 22.9 Å². The summed E-state index contributed by atoms with van der Waals surface area (Å²) >= 11 is 0. The first kappa shape index (κ1) is 14.2. The highest BCUT2D eigenvalue weighted by atomic mass is 19.2. The fraction of sp³-hybridized carbons (Fsp3) is 0.286. The molecule has 0 radical (unpaired) electrons. The van der Waals surface area contributed by atoms with E-state index in [1.54, 1.807) is 0 Å². The van der Waals surface area contributed by atoms with Gasteiger partial charge in [0.1, 0.15) is 11.3 Å². The van der Waals surface area contributed by atoms with Crippen LogP contribution in [0.5, 0.6) is 0 Å². The van der Waals surface area contributed by atoms with E-state index in [2.05, 4.69) is 5.10 Å². The number of rotatable bonds is 4. The van der Waals surface area contributed by atoms with Gasteiger partial charge in [-0.05, 0) is 31.5 Å². The Morgan fingerprint density at radius 3 is 2.65 bits per heavy atom. The molecule has 0 amide bonds. The van der Waals surface area contributed by atoms with E-state index in [0.717, 1.165) is 18.6 Å². The molecule has 1 unspecified atom stereocenters. The topological polar surface area (TPSA) is 55.1 Å². The lowest BCUT2D eigenvalue weighted by Gasteiger charge is -2.07. The number of aromatic nitrogens is 2. The molecule has 0 saturated carbocycles. The first-order chi connectivity index (χ1) is 9.43. The number of hydrogen-bond donors (Lipinski definition) is 1. The number of aromatic carboxylic acids is 1. The van der Waals surface area contributed by atoms with Crippen molar-refractivity contribution in [3.05, 3.63) is 41.6 Å². The summed E-state index contributed by atoms with van der Waals surface area (Å²) in [4.78, 5) is 11.3. The van der Waals surface area contributed by atoms with Crippen molar-refractivity contribution in [2.24, 2.45) is 0 Å². The Hall–Kier alpha value is -2.24. The number of nitrogens with zero attached hydrogens (tertiary/aromatic N) is 2. The molecule has 0 aliphatic heterocycles. The van der Waals surface area contributed by atoms with Gasteiger partial charge in [-0.15, -0.1) is 0 Å². The molecule has 2 rings (SSSR count). The molecular weight excluding hydrogens is 266 g/mol. The van der Waals surface area contributed by atoms with Gasteiger partial charge in [-0.2, -0.15) is 5.10 Å². The molecule has 0 aliphatic rings. The molecular formula is C14H14F2N2O2. The van der Waals surface area contributed by atoms with E-state index in [4.69, 9.17) is 0 Å². The van der Waals surface area contributed by atoms with Crippen molar-refractivity contribution in [1.82, 2.24) is 9.78 Å². The van der Waals surface area contributed by atoms with Gasteiger partial charge in [0.15, 0.2) is 11.6 Å². The van der Waals surface area contributed by atoms with Crippen LogP contribution >= 0.6 is 0 Å². The van der Waals surface area contributed by atoms with Crippen molar-refractivity contribution in [3.63, 3.8) is 0 Å². The molecule has 1 atom stereocenters. The second-order valence-corrected chi connectivity index (χ2v) is 4.56. The zero-order chi connectivity index (χ0) is 14.9. The van der Waals surface area contributed by atoms with Gasteiger partial charge in [0.25, 0.3) is 0 Å². The predicted octanol–water partition coefficient (Wildman–Crippen LogP) is 3.50. The number of carboxylic acids is 1. The predicted molar refractivity (Wildman–Crippen MR) is 69.5 cm³/mol. The van der Waals surface area contributed by atoms with E-state index in [1.165, 1.54) is 16.9 Å². The quantitative estimate of drug-likeness (QED) is 0.932. The minimum Gasteiger partial charge on any atom is -0.478 e. The van der Waals surface area contributed by atoms with Crippen LogP contribution in [0.2, 0.25) is 0 Å². The van der Waals surface area contributed by atoms with Crippen molar-refractivity contribution in [1.29, 1.82) is 0 Å². The summed E-state index contributed by atoms with van der Waals surface area (Å²) in [6.07, 6.45) is 2.19. The summed E-state index contributed by atoms with van der Waals surface area (Å²) in [5.41, 5.74) is 0.344. The maximum atomic E-state index is 13.3. The lowest BCUT2D eigenvalue weighted by molar-refractivity contribution is 0.0697. The summed E-state index contributed by atoms with van der Waals surface area (Å²) in [7, 11) is 0. The molecule has 0 spiro atoms. The number of carbonyl (C=O) groups is 1. The third kappa shape index (κ3) is 2.54. The van der Waals surface area contributed by atoms with Gasteiger partial charge in [0, 0.05) is 17.8 Å². The second kappa shape index (κ2) is 5.40. The van der Waals surface area contributed by atoms with E-state index >= 15 is 0 Å². The van der Waals surface area contributed by atoms with Gasteiger partial charge < -0.3 is 5.11 Å². The minimum atomic E-state index is -1.15. The molecule has 106 valence electrons. The Bertz CT molecular complexity index is 653. The first-order valence-electron chi connectivity index (χ1n) is 6.22. The standard InChI is InChI=1S/C14H14F2N2O2/c1-3-8(2)18-7-10(14(19)20)13(17-18)9-4-5-11(15)12(16)6-9/h4-8H,3H2,1-2H3,(H,19,20). The number of benzene rings is 1. The van der Waals surface area contributed by atoms with Crippen LogP contribution < -0.4 is 0 Å². The molecule has 1 aromatic heterocycles. The smallest absolute Gasteiger partial charge is 0.339 e. The van der Waals surface area contributed by atoms with Gasteiger partial charge in [-0.25, -0.2) is 13.6 Å². The largest absolute Gasteiger partial charge is 0.478 e. The summed E-state index contributed by atoms with van der Waals surface area (Å²) in [6, 6.07) is 3.24. The van der Waals surface area contributed by atoms with E-state index in [9.17, 15) is 18.7 Å². The summed E-state index contributed by atoms with van der Waals surface area (Å²) in [6.45, 7) is 3.84. The lowest BCUT2D eigenvalue weighted by atomic mass is 10.1. The normalized spacial score (nSPS) is 12.4. The molecule has 4 nitrogen and oxygen atoms in total. The van der Waals surface area contributed by atoms with Gasteiger partial charge in [0.2, 0.25) is 0 Å². The van der Waals surface area contributed by atoms with Crippen molar-refractivity contribution in [2.45, 2.75) is 26.3 Å². The molecule has 0 bridgehead atoms. The van der Waals surface area contributed by atoms with Gasteiger partial charge >= 0.3 is 5.97 Å². The fourth-order valence-corrected chi connectivity index (χ4v) is 1.82. The SMILES string of the molecule is CCC(C)n1cc(C(=O)O)c(-c2ccc(F)c(F)c2)n1. The van der Waals surface area contributed by atoms with Gasteiger partial charge in [-0.3, -0.25) is 4.68 Å². The minimum absolute atomic E-state index is 0.0205. The fourth-order valence-electron chi connectivity index (χ4n) is 1.82. The Balaban J connectivity index is 2.56. The highest BCUT2D eigenvalue weighted by Crippen LogP contribution is 2.25. The third-order valence-electron chi connectivity index (χ3n) is 3.20. The van der Waals surface area contributed by atoms with Crippen LogP contribution in [0.15, 0.2) is 24.4 Å². The van der Waals surface area contributed by atoms with Crippen LogP contribution in [0, 0.1) is 11.6 Å². The van der Waals surface area contributed by atoms with Crippen molar-refractivity contribution < 1.29 is 18.7 Å². The molecule has 6 heteroatoms. The van der Waals surface area contributed by atoms with Gasteiger partial charge in [-0.1, -0.05) is 6.92 Å². The molecule has 0 saturated heterocycles. The first-order valence-corrected chi connectivity index (χ1v) is 6.22. The Morgan fingerprint density at radius 1 is 1.40 bits per heavy atom. The van der Waals surface area contributed by atoms with E-state index < -0.39 is 17.6 Å². The molecule has 2 aromatic rings. The molecule has 0 aliphatic carbocycles. The van der Waals surface area contributed by atoms with E-state index in [1.807, 2.05) is 13.8 Å². The number of carboxylic acid groups (broad SMARTS) is 1. The Morgan fingerprint density at radius 2 is 2.10 bits per heavy atom. The Labute approximate surface area is 114 Å². The zero-order valence-electron chi connectivity index (χ0n) is 11.1. The van der Waals surface area contributed by atoms with Crippen LogP contribution in [-0.4, -0.2) is 20.9 Å². The molecule has 1 heterocycles. The zero-order valence-corrected chi connectivity index (χ0v) is 11.1. The molecule has 0 fully saturated rings. The third-order valence-corrected chi connectivity index (χ3v) is 3.20. The highest BCUT2D eigenvalue weighted by molar-refractivity contribution is 5.94. The maximum Gasteiger partial charge on any atom is 0.339 e. The van der Waals surface area contributed by atoms with Crippen molar-refractivity contribution in [2.75, 3.05) is 0 Å². The van der Waals surface area contributed by atoms with E-state index in [0.29, 0.717) is 0 Å². The molecule has 1 aromatic carbocycles. The van der Waals surface area contributed by atoms with Crippen molar-refractivity contribution in [3.8, 4) is 11.3 Å². The van der Waals surface area contributed by atoms with Gasteiger partial charge in [0.05, 0.1) is 0 Å². The second-order valence-electron chi connectivity index (χ2n) is 4.56. The highest BCUT2D eigenvalue weighted by Gasteiger charge is 2.19. The van der Waals surface area contributed by atoms with Crippen LogP contribution in [0.3, 0.4) is 0 Å². The molecule has 1 N–H and O–H groups in total.